The maximum Gasteiger partial charge on any atom is 0.199 e. The molecule has 1 aliphatic heterocycles. The van der Waals surface area contributed by atoms with Gasteiger partial charge in [-0.2, -0.15) is 4.52 Å². The van der Waals surface area contributed by atoms with E-state index in [-0.39, 0.29) is 0 Å². The molecule has 7 heteroatoms. The lowest BCUT2D eigenvalue weighted by Crippen LogP contribution is -2.38. The zero-order chi connectivity index (χ0) is 15.5. The molecule has 0 spiro atoms. The third-order valence-corrected chi connectivity index (χ3v) is 4.19. The van der Waals surface area contributed by atoms with Crippen molar-refractivity contribution in [2.24, 2.45) is 0 Å². The van der Waals surface area contributed by atoms with Gasteiger partial charge in [-0.05, 0) is 28.8 Å². The van der Waals surface area contributed by atoms with Gasteiger partial charge in [0.05, 0.1) is 25.1 Å². The molecule has 0 unspecified atom stereocenters. The molecule has 0 saturated carbocycles. The number of piperidine rings is 1. The SMILES string of the molecule is c1ccc(COC2CCN(c3cncc4nnnn34)CC2)cc1. The minimum absolute atomic E-state index is 0.299. The van der Waals surface area contributed by atoms with Crippen molar-refractivity contribution in [3.63, 3.8) is 0 Å². The van der Waals surface area contributed by atoms with Crippen molar-refractivity contribution in [2.45, 2.75) is 25.6 Å². The van der Waals surface area contributed by atoms with Gasteiger partial charge in [-0.25, -0.2) is 0 Å². The summed E-state index contributed by atoms with van der Waals surface area (Å²) in [5.74, 6) is 0.939. The van der Waals surface area contributed by atoms with E-state index in [1.54, 1.807) is 10.7 Å². The van der Waals surface area contributed by atoms with Crippen molar-refractivity contribution in [1.82, 2.24) is 25.0 Å². The van der Waals surface area contributed by atoms with Gasteiger partial charge in [-0.1, -0.05) is 30.3 Å². The van der Waals surface area contributed by atoms with E-state index < -0.39 is 0 Å². The lowest BCUT2D eigenvalue weighted by molar-refractivity contribution is 0.0250. The molecule has 1 aliphatic rings. The van der Waals surface area contributed by atoms with Gasteiger partial charge in [-0.3, -0.25) is 4.98 Å². The van der Waals surface area contributed by atoms with Crippen LogP contribution in [0.15, 0.2) is 42.7 Å². The molecular weight excluding hydrogens is 292 g/mol. The van der Waals surface area contributed by atoms with E-state index in [0.29, 0.717) is 18.4 Å². The Labute approximate surface area is 133 Å². The highest BCUT2D eigenvalue weighted by atomic mass is 16.5. The summed E-state index contributed by atoms with van der Waals surface area (Å²) in [5, 5.41) is 11.7. The van der Waals surface area contributed by atoms with Crippen molar-refractivity contribution in [1.29, 1.82) is 0 Å². The van der Waals surface area contributed by atoms with Crippen LogP contribution in [0.25, 0.3) is 5.65 Å². The smallest absolute Gasteiger partial charge is 0.199 e. The molecule has 1 fully saturated rings. The summed E-state index contributed by atoms with van der Waals surface area (Å²) in [7, 11) is 0. The summed E-state index contributed by atoms with van der Waals surface area (Å²) in [4.78, 5) is 6.48. The van der Waals surface area contributed by atoms with Gasteiger partial charge in [-0.15, -0.1) is 5.10 Å². The van der Waals surface area contributed by atoms with Crippen molar-refractivity contribution in [2.75, 3.05) is 18.0 Å². The second-order valence-electron chi connectivity index (χ2n) is 5.70. The third kappa shape index (κ3) is 3.00. The molecule has 1 aromatic carbocycles. The van der Waals surface area contributed by atoms with Crippen molar-refractivity contribution >= 4 is 11.5 Å². The molecule has 0 bridgehead atoms. The number of anilines is 1. The van der Waals surface area contributed by atoms with Gasteiger partial charge in [0.25, 0.3) is 0 Å². The number of hydrogen-bond acceptors (Lipinski definition) is 6. The molecule has 2 aromatic heterocycles. The van der Waals surface area contributed by atoms with E-state index in [1.807, 2.05) is 24.4 Å². The Morgan fingerprint density at radius 1 is 1.09 bits per heavy atom. The van der Waals surface area contributed by atoms with E-state index in [1.165, 1.54) is 5.56 Å². The van der Waals surface area contributed by atoms with E-state index in [0.717, 1.165) is 31.7 Å². The number of hydrogen-bond donors (Lipinski definition) is 0. The average molecular weight is 310 g/mol. The van der Waals surface area contributed by atoms with Gasteiger partial charge in [0, 0.05) is 13.1 Å². The number of benzene rings is 1. The van der Waals surface area contributed by atoms with Gasteiger partial charge in [0.15, 0.2) is 11.5 Å². The second kappa shape index (κ2) is 6.29. The van der Waals surface area contributed by atoms with Crippen molar-refractivity contribution < 1.29 is 4.74 Å². The van der Waals surface area contributed by atoms with Crippen LogP contribution in [-0.4, -0.2) is 44.2 Å². The van der Waals surface area contributed by atoms with E-state index >= 15 is 0 Å². The van der Waals surface area contributed by atoms with Crippen LogP contribution in [0.5, 0.6) is 0 Å². The molecule has 0 aliphatic carbocycles. The molecule has 4 rings (SSSR count). The number of fused-ring (bicyclic) bond motifs is 1. The van der Waals surface area contributed by atoms with Crippen LogP contribution in [0.1, 0.15) is 18.4 Å². The third-order valence-electron chi connectivity index (χ3n) is 4.19. The van der Waals surface area contributed by atoms with E-state index in [9.17, 15) is 0 Å². The molecular formula is C16H18N6O. The monoisotopic (exact) mass is 310 g/mol. The predicted octanol–water partition coefficient (Wildman–Crippen LogP) is 1.70. The fraction of sp³-hybridized carbons (Fsp3) is 0.375. The van der Waals surface area contributed by atoms with Gasteiger partial charge >= 0.3 is 0 Å². The van der Waals surface area contributed by atoms with Crippen LogP contribution < -0.4 is 4.90 Å². The van der Waals surface area contributed by atoms with Crippen LogP contribution in [-0.2, 0) is 11.3 Å². The normalized spacial score (nSPS) is 16.1. The maximum absolute atomic E-state index is 6.04. The van der Waals surface area contributed by atoms with Crippen LogP contribution in [0.4, 0.5) is 5.82 Å². The predicted molar refractivity (Wildman–Crippen MR) is 85.0 cm³/mol. The Morgan fingerprint density at radius 3 is 2.74 bits per heavy atom. The topological polar surface area (TPSA) is 68.4 Å². The molecule has 3 aromatic rings. The van der Waals surface area contributed by atoms with Crippen LogP contribution >= 0.6 is 0 Å². The zero-order valence-corrected chi connectivity index (χ0v) is 12.7. The minimum atomic E-state index is 0.299. The highest BCUT2D eigenvalue weighted by Gasteiger charge is 2.22. The molecule has 118 valence electrons. The summed E-state index contributed by atoms with van der Waals surface area (Å²) in [6.45, 7) is 2.51. The molecule has 23 heavy (non-hydrogen) atoms. The van der Waals surface area contributed by atoms with Crippen LogP contribution in [0, 0.1) is 0 Å². The largest absolute Gasteiger partial charge is 0.373 e. The van der Waals surface area contributed by atoms with Gasteiger partial charge < -0.3 is 9.64 Å². The molecule has 1 saturated heterocycles. The quantitative estimate of drug-likeness (QED) is 0.730. The zero-order valence-electron chi connectivity index (χ0n) is 12.7. The summed E-state index contributed by atoms with van der Waals surface area (Å²) in [5.41, 5.74) is 1.89. The Bertz CT molecular complexity index is 766. The fourth-order valence-corrected chi connectivity index (χ4v) is 2.92. The fourth-order valence-electron chi connectivity index (χ4n) is 2.92. The van der Waals surface area contributed by atoms with Crippen molar-refractivity contribution in [3.8, 4) is 0 Å². The Hall–Kier alpha value is -2.54. The van der Waals surface area contributed by atoms with Crippen molar-refractivity contribution in [3.05, 3.63) is 48.3 Å². The number of ether oxygens (including phenoxy) is 1. The summed E-state index contributed by atoms with van der Waals surface area (Å²) in [6.07, 6.45) is 5.76. The Balaban J connectivity index is 1.37. The molecule has 0 atom stereocenters. The second-order valence-corrected chi connectivity index (χ2v) is 5.70. The first-order valence-electron chi connectivity index (χ1n) is 7.83. The highest BCUT2D eigenvalue weighted by Crippen LogP contribution is 2.21. The first kappa shape index (κ1) is 14.1. The van der Waals surface area contributed by atoms with Crippen LogP contribution in [0.3, 0.4) is 0 Å². The number of rotatable bonds is 4. The standard InChI is InChI=1S/C16H18N6O/c1-2-4-13(5-3-1)12-23-14-6-8-21(9-7-14)16-11-17-10-15-18-19-20-22(15)16/h1-5,10-11,14H,6-9,12H2. The van der Waals surface area contributed by atoms with E-state index in [4.69, 9.17) is 4.74 Å². The molecule has 0 amide bonds. The van der Waals surface area contributed by atoms with Gasteiger partial charge in [0.1, 0.15) is 0 Å². The number of nitrogens with zero attached hydrogens (tertiary/aromatic N) is 6. The summed E-state index contributed by atoms with van der Waals surface area (Å²) in [6, 6.07) is 10.3. The minimum Gasteiger partial charge on any atom is -0.373 e. The number of tetrazole rings is 1. The summed E-state index contributed by atoms with van der Waals surface area (Å²) < 4.78 is 7.77. The maximum atomic E-state index is 6.04. The lowest BCUT2D eigenvalue weighted by Gasteiger charge is -2.33. The lowest BCUT2D eigenvalue weighted by atomic mass is 10.1. The molecule has 0 radical (unpaired) electrons. The average Bonchev–Trinajstić information content (AvgIpc) is 3.10. The van der Waals surface area contributed by atoms with E-state index in [2.05, 4.69) is 37.5 Å². The first-order valence-corrected chi connectivity index (χ1v) is 7.83. The highest BCUT2D eigenvalue weighted by molar-refractivity contribution is 5.46. The number of aromatic nitrogens is 5. The first-order chi connectivity index (χ1) is 11.4. The molecule has 7 nitrogen and oxygen atoms in total. The summed E-state index contributed by atoms with van der Waals surface area (Å²) >= 11 is 0. The Kier molecular flexibility index (Phi) is 3.85. The Morgan fingerprint density at radius 2 is 1.91 bits per heavy atom. The molecule has 3 heterocycles. The van der Waals surface area contributed by atoms with Gasteiger partial charge in [0.2, 0.25) is 0 Å². The molecule has 0 N–H and O–H groups in total. The van der Waals surface area contributed by atoms with Crippen LogP contribution in [0.2, 0.25) is 0 Å².